The molecule has 2 N–H and O–H groups in total. The number of nitrogens with zero attached hydrogens (tertiary/aromatic N) is 2. The molecule has 1 saturated heterocycles. The van der Waals surface area contributed by atoms with Crippen LogP contribution in [0.1, 0.15) is 63.6 Å². The minimum absolute atomic E-state index is 0.285. The average Bonchev–Trinajstić information content (AvgIpc) is 3.21. The van der Waals surface area contributed by atoms with Gasteiger partial charge < -0.3 is 10.2 Å². The van der Waals surface area contributed by atoms with Crippen LogP contribution in [0.2, 0.25) is 0 Å². The van der Waals surface area contributed by atoms with Crippen molar-refractivity contribution in [3.63, 3.8) is 0 Å². The molecule has 5 heteroatoms. The Bertz CT molecular complexity index is 1060. The lowest BCUT2D eigenvalue weighted by Crippen LogP contribution is -2.18. The molecule has 0 aromatic carbocycles. The largest absolute Gasteiger partial charge is 0.357 e. The molecule has 5 unspecified atom stereocenters. The van der Waals surface area contributed by atoms with Gasteiger partial charge in [0.15, 0.2) is 0 Å². The third-order valence-corrected chi connectivity index (χ3v) is 8.69. The molecular weight excluding hydrogens is 399 g/mol. The molecule has 0 spiro atoms. The summed E-state index contributed by atoms with van der Waals surface area (Å²) in [6, 6.07) is 3.99. The highest BCUT2D eigenvalue weighted by Gasteiger charge is 2.47. The summed E-state index contributed by atoms with van der Waals surface area (Å²) < 4.78 is 15.1. The summed E-state index contributed by atoms with van der Waals surface area (Å²) in [7, 11) is 0. The number of aromatic nitrogens is 1. The molecule has 1 aromatic rings. The first-order valence-corrected chi connectivity index (χ1v) is 12.4. The maximum atomic E-state index is 15.1. The van der Waals surface area contributed by atoms with Crippen LogP contribution in [0.25, 0.3) is 5.57 Å². The van der Waals surface area contributed by atoms with Crippen LogP contribution in [0, 0.1) is 35.0 Å². The van der Waals surface area contributed by atoms with Crippen LogP contribution in [-0.4, -0.2) is 23.8 Å². The third kappa shape index (κ3) is 3.32. The van der Waals surface area contributed by atoms with Gasteiger partial charge in [0, 0.05) is 36.0 Å². The van der Waals surface area contributed by atoms with Gasteiger partial charge >= 0.3 is 0 Å². The van der Waals surface area contributed by atoms with Crippen molar-refractivity contribution in [2.75, 3.05) is 18.0 Å². The monoisotopic (exact) mass is 432 g/mol. The van der Waals surface area contributed by atoms with Crippen molar-refractivity contribution in [1.29, 1.82) is 5.41 Å². The quantitative estimate of drug-likeness (QED) is 0.640. The van der Waals surface area contributed by atoms with E-state index in [4.69, 9.17) is 5.41 Å². The third-order valence-electron chi connectivity index (χ3n) is 8.69. The minimum Gasteiger partial charge on any atom is -0.357 e. The zero-order valence-corrected chi connectivity index (χ0v) is 19.1. The highest BCUT2D eigenvalue weighted by molar-refractivity contribution is 6.09. The molecule has 3 heterocycles. The van der Waals surface area contributed by atoms with E-state index in [0.717, 1.165) is 66.0 Å². The van der Waals surface area contributed by atoms with E-state index < -0.39 is 0 Å². The van der Waals surface area contributed by atoms with Crippen molar-refractivity contribution in [2.45, 2.75) is 52.4 Å². The Morgan fingerprint density at radius 2 is 2.03 bits per heavy atom. The van der Waals surface area contributed by atoms with Crippen LogP contribution < -0.4 is 10.2 Å². The number of fused-ring (bicyclic) bond motifs is 2. The fourth-order valence-corrected chi connectivity index (χ4v) is 7.22. The van der Waals surface area contributed by atoms with Crippen LogP contribution in [0.4, 0.5) is 10.2 Å². The number of allylic oxidation sites excluding steroid dienone is 4. The number of nitrogens with one attached hydrogen (secondary N) is 2. The zero-order chi connectivity index (χ0) is 22.0. The molecule has 5 aliphatic rings. The molecule has 32 heavy (non-hydrogen) atoms. The van der Waals surface area contributed by atoms with Crippen molar-refractivity contribution in [1.82, 2.24) is 10.3 Å². The smallest absolute Gasteiger partial charge is 0.135 e. The Kier molecular flexibility index (Phi) is 4.78. The van der Waals surface area contributed by atoms with Gasteiger partial charge in [-0.15, -0.1) is 0 Å². The van der Waals surface area contributed by atoms with E-state index in [9.17, 15) is 0 Å². The van der Waals surface area contributed by atoms with Gasteiger partial charge in [-0.05, 0) is 79.9 Å². The second-order valence-electron chi connectivity index (χ2n) is 10.7. The van der Waals surface area contributed by atoms with Crippen LogP contribution in [-0.2, 0) is 0 Å². The molecular formula is C27H33FN4. The Morgan fingerprint density at radius 1 is 1.22 bits per heavy atom. The average molecular weight is 433 g/mol. The molecule has 0 amide bonds. The van der Waals surface area contributed by atoms with Gasteiger partial charge in [-0.3, -0.25) is 5.41 Å². The topological polar surface area (TPSA) is 52.0 Å². The summed E-state index contributed by atoms with van der Waals surface area (Å²) in [5.74, 6) is 4.69. The Hall–Kier alpha value is -2.43. The maximum Gasteiger partial charge on any atom is 0.135 e. The van der Waals surface area contributed by atoms with Gasteiger partial charge in [-0.1, -0.05) is 20.3 Å². The molecule has 4 nitrogen and oxygen atoms in total. The lowest BCUT2D eigenvalue weighted by Gasteiger charge is -2.21. The molecule has 168 valence electrons. The maximum absolute atomic E-state index is 15.1. The SMILES string of the molecule is CC1CCC2C(CC3=CC(=N)/C(=C\C(F)=C4\c5ccc(N6CCCC6)nc54)N3)CC(C)C12. The van der Waals surface area contributed by atoms with Gasteiger partial charge in [-0.25, -0.2) is 9.37 Å². The van der Waals surface area contributed by atoms with E-state index in [1.807, 2.05) is 18.2 Å². The summed E-state index contributed by atoms with van der Waals surface area (Å²) in [6.07, 6.45) is 10.8. The molecule has 1 aromatic heterocycles. The van der Waals surface area contributed by atoms with Crippen molar-refractivity contribution in [3.8, 4) is 0 Å². The fraction of sp³-hybridized carbons (Fsp3) is 0.556. The summed E-state index contributed by atoms with van der Waals surface area (Å²) in [4.78, 5) is 6.96. The second kappa shape index (κ2) is 7.57. The van der Waals surface area contributed by atoms with Gasteiger partial charge in [0.2, 0.25) is 0 Å². The van der Waals surface area contributed by atoms with Gasteiger partial charge in [-0.2, -0.15) is 0 Å². The summed E-state index contributed by atoms with van der Waals surface area (Å²) in [6.45, 7) is 6.91. The number of halogens is 1. The second-order valence-corrected chi connectivity index (χ2v) is 10.7. The first-order chi connectivity index (χ1) is 15.5. The number of hydrogen-bond acceptors (Lipinski definition) is 4. The molecule has 0 bridgehead atoms. The number of pyridine rings is 1. The number of anilines is 1. The summed E-state index contributed by atoms with van der Waals surface area (Å²) in [5, 5.41) is 11.7. The van der Waals surface area contributed by atoms with Crippen LogP contribution in [0.15, 0.2) is 41.5 Å². The van der Waals surface area contributed by atoms with E-state index in [1.54, 1.807) is 0 Å². The van der Waals surface area contributed by atoms with Gasteiger partial charge in [0.05, 0.1) is 17.1 Å². The van der Waals surface area contributed by atoms with E-state index >= 15 is 4.39 Å². The van der Waals surface area contributed by atoms with E-state index in [-0.39, 0.29) is 5.83 Å². The standard InChI is InChI=1S/C27H33FN4/c1-15-5-6-19-17(11-16(2)25(15)19)12-18-13-22(29)23(30-18)14-21(28)26-20-7-8-24(31-27(20)26)32-9-3-4-10-32/h7-8,13-17,19,25,29-30H,3-6,9-12H2,1-2H3/b23-14+,26-21+,29-22?. The normalized spacial score (nSPS) is 35.8. The highest BCUT2D eigenvalue weighted by Crippen LogP contribution is 2.55. The molecule has 6 rings (SSSR count). The molecule has 3 aliphatic carbocycles. The summed E-state index contributed by atoms with van der Waals surface area (Å²) in [5.41, 5.74) is 4.33. The Balaban J connectivity index is 1.14. The van der Waals surface area contributed by atoms with E-state index in [1.165, 1.54) is 38.2 Å². The first kappa shape index (κ1) is 20.2. The van der Waals surface area contributed by atoms with E-state index in [2.05, 4.69) is 29.0 Å². The zero-order valence-electron chi connectivity index (χ0n) is 19.1. The van der Waals surface area contributed by atoms with Gasteiger partial charge in [0.25, 0.3) is 0 Å². The van der Waals surface area contributed by atoms with Crippen LogP contribution >= 0.6 is 0 Å². The highest BCUT2D eigenvalue weighted by atomic mass is 19.1. The minimum atomic E-state index is -0.285. The summed E-state index contributed by atoms with van der Waals surface area (Å²) >= 11 is 0. The lowest BCUT2D eigenvalue weighted by atomic mass is 9.85. The molecule has 3 fully saturated rings. The van der Waals surface area contributed by atoms with Crippen LogP contribution in [0.5, 0.6) is 0 Å². The first-order valence-electron chi connectivity index (χ1n) is 12.4. The fourth-order valence-electron chi connectivity index (χ4n) is 7.22. The number of hydrogen-bond donors (Lipinski definition) is 2. The predicted molar refractivity (Wildman–Crippen MR) is 127 cm³/mol. The van der Waals surface area contributed by atoms with Crippen molar-refractivity contribution in [2.24, 2.45) is 29.6 Å². The molecule has 5 atom stereocenters. The Morgan fingerprint density at radius 3 is 2.84 bits per heavy atom. The Labute approximate surface area is 190 Å². The van der Waals surface area contributed by atoms with Gasteiger partial charge in [0.1, 0.15) is 11.6 Å². The predicted octanol–water partition coefficient (Wildman–Crippen LogP) is 5.82. The molecule has 2 aliphatic heterocycles. The van der Waals surface area contributed by atoms with E-state index in [0.29, 0.717) is 22.9 Å². The molecule has 2 saturated carbocycles. The van der Waals surface area contributed by atoms with Crippen LogP contribution in [0.3, 0.4) is 0 Å². The lowest BCUT2D eigenvalue weighted by molar-refractivity contribution is 0.287. The van der Waals surface area contributed by atoms with Crippen molar-refractivity contribution >= 4 is 17.1 Å². The number of rotatable bonds is 4. The van der Waals surface area contributed by atoms with Crippen molar-refractivity contribution in [3.05, 3.63) is 52.8 Å². The van der Waals surface area contributed by atoms with Crippen molar-refractivity contribution < 1.29 is 4.39 Å². The molecule has 0 radical (unpaired) electrons.